The van der Waals surface area contributed by atoms with Gasteiger partial charge in [0.15, 0.2) is 10.9 Å². The summed E-state index contributed by atoms with van der Waals surface area (Å²) in [6, 6.07) is 8.90. The van der Waals surface area contributed by atoms with E-state index in [1.807, 2.05) is 39.0 Å². The van der Waals surface area contributed by atoms with Crippen LogP contribution in [0.3, 0.4) is 0 Å². The smallest absolute Gasteiger partial charge is 0.416 e. The lowest BCUT2D eigenvalue weighted by Crippen LogP contribution is -2.20. The van der Waals surface area contributed by atoms with Crippen LogP contribution in [0.25, 0.3) is 0 Å². The average molecular weight is 368 g/mol. The molecule has 0 atom stereocenters. The molecule has 0 spiro atoms. The zero-order chi connectivity index (χ0) is 18.8. The van der Waals surface area contributed by atoms with Crippen molar-refractivity contribution in [2.24, 2.45) is 5.73 Å². The van der Waals surface area contributed by atoms with Crippen LogP contribution in [-0.4, -0.2) is 5.11 Å². The predicted octanol–water partition coefficient (Wildman–Crippen LogP) is 5.59. The van der Waals surface area contributed by atoms with Crippen LogP contribution in [0.4, 0.5) is 18.9 Å². The van der Waals surface area contributed by atoms with Gasteiger partial charge < -0.3 is 15.8 Å². The number of rotatable bonds is 4. The molecule has 3 N–H and O–H groups in total. The number of alkyl halides is 3. The second-order valence-electron chi connectivity index (χ2n) is 6.00. The fourth-order valence-electron chi connectivity index (χ4n) is 2.35. The molecule has 0 saturated heterocycles. The number of aryl methyl sites for hydroxylation is 1. The predicted molar refractivity (Wildman–Crippen MR) is 97.2 cm³/mol. The summed E-state index contributed by atoms with van der Waals surface area (Å²) in [5.74, 6) is 0.992. The van der Waals surface area contributed by atoms with Crippen molar-refractivity contribution in [1.82, 2.24) is 0 Å². The summed E-state index contributed by atoms with van der Waals surface area (Å²) >= 11 is 4.76. The highest BCUT2D eigenvalue weighted by molar-refractivity contribution is 7.80. The molecular weight excluding hydrogens is 349 g/mol. The summed E-state index contributed by atoms with van der Waals surface area (Å²) in [6.45, 7) is 5.94. The maximum Gasteiger partial charge on any atom is 0.416 e. The molecule has 0 saturated carbocycles. The fraction of sp³-hybridized carbons (Fsp3) is 0.278. The Morgan fingerprint density at radius 2 is 1.80 bits per heavy atom. The zero-order valence-electron chi connectivity index (χ0n) is 14.1. The van der Waals surface area contributed by atoms with Crippen LogP contribution in [0.15, 0.2) is 36.4 Å². The van der Waals surface area contributed by atoms with Crippen LogP contribution in [-0.2, 0) is 6.18 Å². The van der Waals surface area contributed by atoms with Crippen LogP contribution >= 0.6 is 12.2 Å². The van der Waals surface area contributed by atoms with E-state index in [0.717, 1.165) is 23.3 Å². The molecular formula is C18H19F3N2OS. The minimum absolute atomic E-state index is 0.0681. The van der Waals surface area contributed by atoms with Crippen molar-refractivity contribution in [3.05, 3.63) is 53.1 Å². The van der Waals surface area contributed by atoms with Gasteiger partial charge in [0.25, 0.3) is 0 Å². The van der Waals surface area contributed by atoms with Gasteiger partial charge in [0.2, 0.25) is 0 Å². The molecule has 0 unspecified atom stereocenters. The Balaban J connectivity index is 2.49. The molecule has 0 aliphatic heterocycles. The van der Waals surface area contributed by atoms with Crippen molar-refractivity contribution in [3.8, 4) is 11.5 Å². The number of nitrogens with one attached hydrogen (secondary N) is 1. The third kappa shape index (κ3) is 4.85. The van der Waals surface area contributed by atoms with Crippen LogP contribution in [0.5, 0.6) is 11.5 Å². The van der Waals surface area contributed by atoms with E-state index in [9.17, 15) is 13.2 Å². The molecule has 0 aliphatic carbocycles. The van der Waals surface area contributed by atoms with Crippen molar-refractivity contribution in [1.29, 1.82) is 0 Å². The number of ether oxygens (including phenoxy) is 1. The third-order valence-corrected chi connectivity index (χ3v) is 3.68. The molecule has 2 aromatic carbocycles. The van der Waals surface area contributed by atoms with E-state index in [1.165, 1.54) is 6.07 Å². The normalized spacial score (nSPS) is 11.5. The van der Waals surface area contributed by atoms with Crippen LogP contribution in [0, 0.1) is 6.92 Å². The van der Waals surface area contributed by atoms with Crippen LogP contribution < -0.4 is 15.8 Å². The van der Waals surface area contributed by atoms with E-state index in [0.29, 0.717) is 5.75 Å². The molecule has 2 rings (SSSR count). The number of anilines is 1. The Labute approximate surface area is 150 Å². The number of hydrogen-bond acceptors (Lipinski definition) is 2. The summed E-state index contributed by atoms with van der Waals surface area (Å²) < 4.78 is 44.8. The third-order valence-electron chi connectivity index (χ3n) is 3.58. The molecule has 3 nitrogen and oxygen atoms in total. The van der Waals surface area contributed by atoms with Crippen molar-refractivity contribution in [2.45, 2.75) is 32.9 Å². The second-order valence-corrected chi connectivity index (χ2v) is 6.44. The number of halogens is 3. The SMILES string of the molecule is Cc1ccc(C(C)C)c(Oc2ccc(C(F)(F)F)cc2NC(N)=S)c1. The van der Waals surface area contributed by atoms with Crippen LogP contribution in [0.2, 0.25) is 0 Å². The van der Waals surface area contributed by atoms with E-state index >= 15 is 0 Å². The number of thiocarbonyl (C=S) groups is 1. The Morgan fingerprint density at radius 1 is 1.12 bits per heavy atom. The first-order valence-electron chi connectivity index (χ1n) is 7.64. The minimum Gasteiger partial charge on any atom is -0.455 e. The summed E-state index contributed by atoms with van der Waals surface area (Å²) in [5.41, 5.74) is 6.62. The Bertz CT molecular complexity index is 788. The van der Waals surface area contributed by atoms with Crippen molar-refractivity contribution in [3.63, 3.8) is 0 Å². The highest BCUT2D eigenvalue weighted by atomic mass is 32.1. The van der Waals surface area contributed by atoms with Gasteiger partial charge in [-0.15, -0.1) is 0 Å². The maximum absolute atomic E-state index is 13.0. The molecule has 0 radical (unpaired) electrons. The molecule has 0 aromatic heterocycles. The highest BCUT2D eigenvalue weighted by Gasteiger charge is 2.31. The van der Waals surface area contributed by atoms with Crippen molar-refractivity contribution >= 4 is 23.0 Å². The Kier molecular flexibility index (Phi) is 5.57. The van der Waals surface area contributed by atoms with Gasteiger partial charge in [-0.1, -0.05) is 26.0 Å². The average Bonchev–Trinajstić information content (AvgIpc) is 2.47. The summed E-state index contributed by atoms with van der Waals surface area (Å²) in [7, 11) is 0. The van der Waals surface area contributed by atoms with Gasteiger partial charge in [-0.2, -0.15) is 13.2 Å². The molecule has 134 valence electrons. The lowest BCUT2D eigenvalue weighted by molar-refractivity contribution is -0.137. The van der Waals surface area contributed by atoms with Gasteiger partial charge in [-0.3, -0.25) is 0 Å². The van der Waals surface area contributed by atoms with Gasteiger partial charge >= 0.3 is 6.18 Å². The monoisotopic (exact) mass is 368 g/mol. The summed E-state index contributed by atoms with van der Waals surface area (Å²) in [4.78, 5) is 0. The van der Waals surface area contributed by atoms with E-state index in [4.69, 9.17) is 22.7 Å². The zero-order valence-corrected chi connectivity index (χ0v) is 14.9. The number of hydrogen-bond donors (Lipinski definition) is 2. The lowest BCUT2D eigenvalue weighted by Gasteiger charge is -2.18. The van der Waals surface area contributed by atoms with E-state index < -0.39 is 11.7 Å². The van der Waals surface area contributed by atoms with Gasteiger partial charge in [0, 0.05) is 0 Å². The summed E-state index contributed by atoms with van der Waals surface area (Å²) in [5, 5.41) is 2.41. The Hall–Kier alpha value is -2.28. The topological polar surface area (TPSA) is 47.3 Å². The van der Waals surface area contributed by atoms with Gasteiger partial charge in [0.1, 0.15) is 5.75 Å². The van der Waals surface area contributed by atoms with E-state index in [-0.39, 0.29) is 22.5 Å². The standard InChI is InChI=1S/C18H19F3N2OS/c1-10(2)13-6-4-11(3)8-16(13)24-15-7-5-12(18(19,20)21)9-14(15)23-17(22)25/h4-10H,1-3H3,(H3,22,23,25). The Morgan fingerprint density at radius 3 is 2.36 bits per heavy atom. The molecule has 0 aliphatic rings. The van der Waals surface area contributed by atoms with Gasteiger partial charge in [-0.25, -0.2) is 0 Å². The minimum atomic E-state index is -4.47. The second kappa shape index (κ2) is 7.31. The number of benzene rings is 2. The molecule has 25 heavy (non-hydrogen) atoms. The molecule has 2 aromatic rings. The first kappa shape index (κ1) is 19.1. The summed E-state index contributed by atoms with van der Waals surface area (Å²) in [6.07, 6.45) is -4.47. The van der Waals surface area contributed by atoms with Crippen molar-refractivity contribution in [2.75, 3.05) is 5.32 Å². The molecule has 7 heteroatoms. The fourth-order valence-corrected chi connectivity index (χ4v) is 2.46. The van der Waals surface area contributed by atoms with Gasteiger partial charge in [0.05, 0.1) is 11.3 Å². The van der Waals surface area contributed by atoms with E-state index in [1.54, 1.807) is 0 Å². The quantitative estimate of drug-likeness (QED) is 0.691. The first-order valence-corrected chi connectivity index (χ1v) is 8.05. The molecule has 0 fully saturated rings. The molecule has 0 heterocycles. The number of nitrogens with two attached hydrogens (primary N) is 1. The molecule has 0 bridgehead atoms. The van der Waals surface area contributed by atoms with Crippen molar-refractivity contribution < 1.29 is 17.9 Å². The highest BCUT2D eigenvalue weighted by Crippen LogP contribution is 2.38. The van der Waals surface area contributed by atoms with Gasteiger partial charge in [-0.05, 0) is 60.5 Å². The first-order chi connectivity index (χ1) is 11.6. The maximum atomic E-state index is 13.0. The lowest BCUT2D eigenvalue weighted by atomic mass is 10.0. The largest absolute Gasteiger partial charge is 0.455 e. The van der Waals surface area contributed by atoms with Crippen LogP contribution in [0.1, 0.15) is 36.5 Å². The molecule has 0 amide bonds. The van der Waals surface area contributed by atoms with E-state index in [2.05, 4.69) is 5.32 Å².